The number of piperidine rings is 1. The van der Waals surface area contributed by atoms with Crippen molar-refractivity contribution in [2.24, 2.45) is 0 Å². The highest BCUT2D eigenvalue weighted by atomic mass is 32.1. The highest BCUT2D eigenvalue weighted by Gasteiger charge is 2.50. The third-order valence-corrected chi connectivity index (χ3v) is 7.22. The van der Waals surface area contributed by atoms with Gasteiger partial charge >= 0.3 is 6.09 Å². The zero-order chi connectivity index (χ0) is 19.0. The zero-order valence-electron chi connectivity index (χ0n) is 15.8. The number of hydrogen-bond donors (Lipinski definition) is 0. The summed E-state index contributed by atoms with van der Waals surface area (Å²) in [5.74, 6) is -0.304. The van der Waals surface area contributed by atoms with Gasteiger partial charge in [-0.1, -0.05) is 18.2 Å². The SMILES string of the molecule is C[N+]1(C)[C@@H]2CC[C@H]1CC(OC(=O)N(Cc1ccccc1F)c1cccs1)C2. The number of halogens is 1. The third-order valence-electron chi connectivity index (χ3n) is 6.33. The van der Waals surface area contributed by atoms with Gasteiger partial charge in [0.15, 0.2) is 0 Å². The van der Waals surface area contributed by atoms with Crippen LogP contribution >= 0.6 is 11.3 Å². The average molecular weight is 390 g/mol. The Morgan fingerprint density at radius 3 is 2.52 bits per heavy atom. The fraction of sp³-hybridized carbons (Fsp3) is 0.476. The van der Waals surface area contributed by atoms with E-state index in [1.807, 2.05) is 17.5 Å². The molecule has 2 aliphatic heterocycles. The van der Waals surface area contributed by atoms with Gasteiger partial charge in [0.25, 0.3) is 0 Å². The van der Waals surface area contributed by atoms with E-state index >= 15 is 0 Å². The van der Waals surface area contributed by atoms with Crippen molar-refractivity contribution in [2.75, 3.05) is 19.0 Å². The Hall–Kier alpha value is -1.92. The number of thiophene rings is 1. The van der Waals surface area contributed by atoms with E-state index in [-0.39, 0.29) is 24.6 Å². The molecule has 3 heterocycles. The van der Waals surface area contributed by atoms with Gasteiger partial charge in [0.05, 0.1) is 32.7 Å². The lowest BCUT2D eigenvalue weighted by molar-refractivity contribution is -0.931. The molecule has 4 nitrogen and oxygen atoms in total. The smallest absolute Gasteiger partial charge is 0.415 e. The minimum Gasteiger partial charge on any atom is -0.445 e. The van der Waals surface area contributed by atoms with Crippen LogP contribution in [0.2, 0.25) is 0 Å². The predicted octanol–water partition coefficient (Wildman–Crippen LogP) is 4.80. The van der Waals surface area contributed by atoms with E-state index in [1.165, 1.54) is 30.2 Å². The van der Waals surface area contributed by atoms with Crippen molar-refractivity contribution in [2.45, 2.75) is 50.4 Å². The number of anilines is 1. The van der Waals surface area contributed by atoms with Crippen LogP contribution in [0.3, 0.4) is 0 Å². The summed E-state index contributed by atoms with van der Waals surface area (Å²) in [6, 6.07) is 11.5. The minimum absolute atomic E-state index is 0.0516. The van der Waals surface area contributed by atoms with Gasteiger partial charge in [-0.15, -0.1) is 11.3 Å². The zero-order valence-corrected chi connectivity index (χ0v) is 16.6. The number of quaternary nitrogens is 1. The summed E-state index contributed by atoms with van der Waals surface area (Å²) in [6.45, 7) is 0.174. The highest BCUT2D eigenvalue weighted by Crippen LogP contribution is 2.40. The number of ether oxygens (including phenoxy) is 1. The summed E-state index contributed by atoms with van der Waals surface area (Å²) in [5.41, 5.74) is 0.490. The molecule has 0 radical (unpaired) electrons. The largest absolute Gasteiger partial charge is 0.445 e. The van der Waals surface area contributed by atoms with Crippen LogP contribution in [0.4, 0.5) is 14.2 Å². The third kappa shape index (κ3) is 3.60. The molecule has 1 unspecified atom stereocenters. The number of carbonyl (C=O) groups is 1. The monoisotopic (exact) mass is 389 g/mol. The first-order chi connectivity index (χ1) is 12.9. The Labute approximate surface area is 163 Å². The Balaban J connectivity index is 1.49. The standard InChI is InChI=1S/C21H26FN2O2S/c1-24(2)16-9-10-17(24)13-18(12-16)26-21(25)23(20-8-5-11-27-20)14-15-6-3-4-7-19(15)22/h3-8,11,16-18H,9-10,12-14H2,1-2H3/q+1/t16-,17+,18?. The van der Waals surface area contributed by atoms with E-state index < -0.39 is 0 Å². The second-order valence-corrected chi connectivity index (χ2v) is 9.05. The molecule has 1 aromatic heterocycles. The van der Waals surface area contributed by atoms with Crippen molar-refractivity contribution < 1.29 is 18.4 Å². The second-order valence-electron chi connectivity index (χ2n) is 8.12. The fourth-order valence-electron chi connectivity index (χ4n) is 4.59. The van der Waals surface area contributed by atoms with Crippen LogP contribution in [-0.4, -0.2) is 42.9 Å². The number of amides is 1. The van der Waals surface area contributed by atoms with E-state index in [4.69, 9.17) is 4.74 Å². The van der Waals surface area contributed by atoms with Gasteiger partial charge in [-0.3, -0.25) is 4.90 Å². The molecule has 2 bridgehead atoms. The second kappa shape index (κ2) is 7.24. The first-order valence-corrected chi connectivity index (χ1v) is 10.4. The van der Waals surface area contributed by atoms with Crippen molar-refractivity contribution in [3.8, 4) is 0 Å². The van der Waals surface area contributed by atoms with E-state index in [1.54, 1.807) is 23.1 Å². The van der Waals surface area contributed by atoms with Crippen LogP contribution in [0.15, 0.2) is 41.8 Å². The minimum atomic E-state index is -0.377. The number of fused-ring (bicyclic) bond motifs is 2. The highest BCUT2D eigenvalue weighted by molar-refractivity contribution is 7.14. The van der Waals surface area contributed by atoms with Crippen LogP contribution < -0.4 is 4.90 Å². The Morgan fingerprint density at radius 1 is 1.19 bits per heavy atom. The van der Waals surface area contributed by atoms with E-state index in [9.17, 15) is 9.18 Å². The predicted molar refractivity (Wildman–Crippen MR) is 105 cm³/mol. The summed E-state index contributed by atoms with van der Waals surface area (Å²) in [6.07, 6.45) is 3.80. The molecule has 2 aliphatic rings. The first kappa shape index (κ1) is 18.4. The quantitative estimate of drug-likeness (QED) is 0.703. The first-order valence-electron chi connectivity index (χ1n) is 9.53. The van der Waals surface area contributed by atoms with Gasteiger partial charge in [0.2, 0.25) is 0 Å². The number of carbonyl (C=O) groups excluding carboxylic acids is 1. The average Bonchev–Trinajstić information content (AvgIpc) is 3.17. The summed E-state index contributed by atoms with van der Waals surface area (Å²) in [5, 5.41) is 2.69. The number of nitrogens with zero attached hydrogens (tertiary/aromatic N) is 2. The van der Waals surface area contributed by atoms with Crippen LogP contribution in [0.25, 0.3) is 0 Å². The number of rotatable bonds is 4. The summed E-state index contributed by atoms with van der Waals surface area (Å²) in [4.78, 5) is 14.6. The van der Waals surface area contributed by atoms with Crippen LogP contribution in [0.5, 0.6) is 0 Å². The van der Waals surface area contributed by atoms with Crippen LogP contribution in [-0.2, 0) is 11.3 Å². The van der Waals surface area contributed by atoms with Crippen molar-refractivity contribution in [3.63, 3.8) is 0 Å². The lowest BCUT2D eigenvalue weighted by Crippen LogP contribution is -2.56. The summed E-state index contributed by atoms with van der Waals surface area (Å²) in [7, 11) is 4.58. The Kier molecular flexibility index (Phi) is 4.95. The lowest BCUT2D eigenvalue weighted by atomic mass is 9.98. The van der Waals surface area contributed by atoms with Gasteiger partial charge in [-0.2, -0.15) is 0 Å². The maximum Gasteiger partial charge on any atom is 0.415 e. The molecule has 2 saturated heterocycles. The molecule has 27 heavy (non-hydrogen) atoms. The Bertz CT molecular complexity index is 792. The van der Waals surface area contributed by atoms with Crippen molar-refractivity contribution in [3.05, 3.63) is 53.2 Å². The molecule has 144 valence electrons. The fourth-order valence-corrected chi connectivity index (χ4v) is 5.31. The molecule has 4 rings (SSSR count). The molecule has 1 amide bonds. The van der Waals surface area contributed by atoms with Gasteiger partial charge in [0, 0.05) is 31.2 Å². The van der Waals surface area contributed by atoms with E-state index in [0.29, 0.717) is 17.6 Å². The molecular weight excluding hydrogens is 363 g/mol. The normalized spacial score (nSPS) is 26.0. The van der Waals surface area contributed by atoms with Gasteiger partial charge < -0.3 is 9.22 Å². The molecule has 2 fully saturated rings. The molecule has 0 saturated carbocycles. The molecule has 0 aliphatic carbocycles. The number of hydrogen-bond acceptors (Lipinski definition) is 3. The molecular formula is C21H26FN2O2S+. The van der Waals surface area contributed by atoms with Gasteiger partial charge in [-0.25, -0.2) is 9.18 Å². The molecule has 6 heteroatoms. The van der Waals surface area contributed by atoms with Crippen molar-refractivity contribution in [1.29, 1.82) is 0 Å². The molecule has 2 aromatic rings. The van der Waals surface area contributed by atoms with E-state index in [0.717, 1.165) is 22.3 Å². The van der Waals surface area contributed by atoms with Crippen LogP contribution in [0, 0.1) is 5.82 Å². The molecule has 0 spiro atoms. The Morgan fingerprint density at radius 2 is 1.89 bits per heavy atom. The van der Waals surface area contributed by atoms with Crippen molar-refractivity contribution in [1.82, 2.24) is 0 Å². The lowest BCUT2D eigenvalue weighted by Gasteiger charge is -2.44. The maximum atomic E-state index is 14.1. The maximum absolute atomic E-state index is 14.1. The number of benzene rings is 1. The molecule has 1 aromatic carbocycles. The van der Waals surface area contributed by atoms with E-state index in [2.05, 4.69) is 14.1 Å². The summed E-state index contributed by atoms with van der Waals surface area (Å²) < 4.78 is 21.1. The molecule has 3 atom stereocenters. The van der Waals surface area contributed by atoms with Gasteiger partial charge in [-0.05, 0) is 23.6 Å². The van der Waals surface area contributed by atoms with Crippen molar-refractivity contribution >= 4 is 22.4 Å². The summed E-state index contributed by atoms with van der Waals surface area (Å²) >= 11 is 1.46. The van der Waals surface area contributed by atoms with Gasteiger partial charge in [0.1, 0.15) is 16.9 Å². The van der Waals surface area contributed by atoms with Crippen LogP contribution in [0.1, 0.15) is 31.2 Å². The molecule has 0 N–H and O–H groups in total. The topological polar surface area (TPSA) is 29.5 Å².